The Labute approximate surface area is 85.9 Å². The fourth-order valence-electron chi connectivity index (χ4n) is 1.20. The maximum atomic E-state index is 10.8. The van der Waals surface area contributed by atoms with Crippen LogP contribution in [0.4, 0.5) is 0 Å². The van der Waals surface area contributed by atoms with E-state index in [0.29, 0.717) is 17.1 Å². The molecule has 0 saturated heterocycles. The summed E-state index contributed by atoms with van der Waals surface area (Å²) in [7, 11) is 0. The van der Waals surface area contributed by atoms with Gasteiger partial charge >= 0.3 is 0 Å². The summed E-state index contributed by atoms with van der Waals surface area (Å²) < 4.78 is 10.3. The molecule has 1 aliphatic rings. The number of ether oxygens (including phenoxy) is 2. The van der Waals surface area contributed by atoms with Crippen molar-refractivity contribution in [1.29, 1.82) is 0 Å². The van der Waals surface area contributed by atoms with E-state index in [2.05, 4.69) is 6.58 Å². The highest BCUT2D eigenvalue weighted by atomic mass is 35.5. The standard InChI is InChI=1S/C10H7ClO3/c1-6(10(11)12)7-2-3-8-9(4-7)14-5-13-8/h2-4H,1,5H2. The van der Waals surface area contributed by atoms with Crippen molar-refractivity contribution in [3.8, 4) is 11.5 Å². The van der Waals surface area contributed by atoms with Crippen LogP contribution in [0.1, 0.15) is 5.56 Å². The van der Waals surface area contributed by atoms with Gasteiger partial charge in [-0.25, -0.2) is 0 Å². The third kappa shape index (κ3) is 1.46. The lowest BCUT2D eigenvalue weighted by atomic mass is 10.1. The van der Waals surface area contributed by atoms with Crippen molar-refractivity contribution in [3.63, 3.8) is 0 Å². The molecule has 0 radical (unpaired) electrons. The fourth-order valence-corrected chi connectivity index (χ4v) is 1.31. The molecule has 0 N–H and O–H groups in total. The van der Waals surface area contributed by atoms with Crippen LogP contribution in [0.5, 0.6) is 11.5 Å². The lowest BCUT2D eigenvalue weighted by Crippen LogP contribution is -1.93. The number of carbonyl (C=O) groups is 1. The number of allylic oxidation sites excluding steroid dienone is 1. The van der Waals surface area contributed by atoms with E-state index in [0.717, 1.165) is 0 Å². The van der Waals surface area contributed by atoms with Crippen molar-refractivity contribution in [1.82, 2.24) is 0 Å². The van der Waals surface area contributed by atoms with Crippen molar-refractivity contribution in [2.24, 2.45) is 0 Å². The molecule has 1 heterocycles. The molecule has 0 spiro atoms. The van der Waals surface area contributed by atoms with Crippen molar-refractivity contribution in [3.05, 3.63) is 30.3 Å². The number of hydrogen-bond acceptors (Lipinski definition) is 3. The molecule has 1 aliphatic heterocycles. The van der Waals surface area contributed by atoms with E-state index in [1.807, 2.05) is 0 Å². The smallest absolute Gasteiger partial charge is 0.252 e. The maximum absolute atomic E-state index is 10.8. The van der Waals surface area contributed by atoms with Gasteiger partial charge in [-0.15, -0.1) is 0 Å². The highest BCUT2D eigenvalue weighted by molar-refractivity contribution is 6.74. The molecule has 4 heteroatoms. The van der Waals surface area contributed by atoms with E-state index in [-0.39, 0.29) is 12.4 Å². The summed E-state index contributed by atoms with van der Waals surface area (Å²) in [6, 6.07) is 5.13. The molecule has 0 bridgehead atoms. The van der Waals surface area contributed by atoms with E-state index >= 15 is 0 Å². The minimum absolute atomic E-state index is 0.208. The number of hydrogen-bond donors (Lipinski definition) is 0. The van der Waals surface area contributed by atoms with E-state index in [4.69, 9.17) is 21.1 Å². The van der Waals surface area contributed by atoms with Crippen molar-refractivity contribution < 1.29 is 14.3 Å². The topological polar surface area (TPSA) is 35.5 Å². The van der Waals surface area contributed by atoms with Gasteiger partial charge in [0, 0.05) is 5.57 Å². The molecule has 0 atom stereocenters. The van der Waals surface area contributed by atoms with Crippen LogP contribution in [0.3, 0.4) is 0 Å². The van der Waals surface area contributed by atoms with E-state index in [1.54, 1.807) is 18.2 Å². The van der Waals surface area contributed by atoms with Gasteiger partial charge < -0.3 is 9.47 Å². The Morgan fingerprint density at radius 2 is 2.07 bits per heavy atom. The van der Waals surface area contributed by atoms with Crippen molar-refractivity contribution >= 4 is 22.4 Å². The second-order valence-corrected chi connectivity index (χ2v) is 3.16. The molecule has 0 amide bonds. The third-order valence-corrected chi connectivity index (χ3v) is 2.19. The first-order valence-electron chi connectivity index (χ1n) is 3.97. The zero-order valence-electron chi connectivity index (χ0n) is 7.25. The predicted molar refractivity (Wildman–Crippen MR) is 52.5 cm³/mol. The van der Waals surface area contributed by atoms with Gasteiger partial charge in [0.25, 0.3) is 5.24 Å². The van der Waals surface area contributed by atoms with E-state index in [9.17, 15) is 4.79 Å². The van der Waals surface area contributed by atoms with Crippen molar-refractivity contribution in [2.75, 3.05) is 6.79 Å². The Morgan fingerprint density at radius 1 is 1.36 bits per heavy atom. The zero-order valence-corrected chi connectivity index (χ0v) is 8.00. The minimum Gasteiger partial charge on any atom is -0.454 e. The second kappa shape index (κ2) is 3.35. The van der Waals surface area contributed by atoms with Crippen LogP contribution in [0.2, 0.25) is 0 Å². The summed E-state index contributed by atoms with van der Waals surface area (Å²) >= 11 is 5.30. The number of fused-ring (bicyclic) bond motifs is 1. The molecule has 0 unspecified atom stereocenters. The van der Waals surface area contributed by atoms with Gasteiger partial charge in [0.05, 0.1) is 0 Å². The van der Waals surface area contributed by atoms with Crippen LogP contribution >= 0.6 is 11.6 Å². The zero-order chi connectivity index (χ0) is 10.1. The summed E-state index contributed by atoms with van der Waals surface area (Å²) in [5, 5.41) is -0.566. The first-order valence-corrected chi connectivity index (χ1v) is 4.35. The van der Waals surface area contributed by atoms with Gasteiger partial charge in [-0.05, 0) is 29.3 Å². The number of benzene rings is 1. The van der Waals surface area contributed by atoms with Crippen LogP contribution in [-0.4, -0.2) is 12.0 Å². The molecule has 72 valence electrons. The molecular formula is C10H7ClO3. The Balaban J connectivity index is 2.38. The average Bonchev–Trinajstić information content (AvgIpc) is 2.62. The van der Waals surface area contributed by atoms with Crippen LogP contribution in [0.25, 0.3) is 5.57 Å². The van der Waals surface area contributed by atoms with Gasteiger partial charge in [0.1, 0.15) is 0 Å². The van der Waals surface area contributed by atoms with Gasteiger partial charge in [-0.3, -0.25) is 4.79 Å². The van der Waals surface area contributed by atoms with Gasteiger partial charge in [0.2, 0.25) is 6.79 Å². The monoisotopic (exact) mass is 210 g/mol. The summed E-state index contributed by atoms with van der Waals surface area (Å²) in [6.07, 6.45) is 0. The second-order valence-electron chi connectivity index (χ2n) is 2.82. The molecule has 3 nitrogen and oxygen atoms in total. The average molecular weight is 211 g/mol. The molecule has 0 fully saturated rings. The first-order chi connectivity index (χ1) is 6.68. The predicted octanol–water partition coefficient (Wildman–Crippen LogP) is 2.19. The minimum atomic E-state index is -0.566. The Kier molecular flexibility index (Phi) is 2.17. The Morgan fingerprint density at radius 3 is 2.79 bits per heavy atom. The lowest BCUT2D eigenvalue weighted by molar-refractivity contribution is -0.106. The van der Waals surface area contributed by atoms with Crippen molar-refractivity contribution in [2.45, 2.75) is 0 Å². The number of rotatable bonds is 2. The largest absolute Gasteiger partial charge is 0.454 e. The number of halogens is 1. The van der Waals surface area contributed by atoms with Crippen LogP contribution in [0.15, 0.2) is 24.8 Å². The first kappa shape index (κ1) is 9.09. The molecule has 2 rings (SSSR count). The fraction of sp³-hybridized carbons (Fsp3) is 0.100. The normalized spacial score (nSPS) is 12.6. The van der Waals surface area contributed by atoms with Crippen LogP contribution in [0, 0.1) is 0 Å². The molecular weight excluding hydrogens is 204 g/mol. The maximum Gasteiger partial charge on any atom is 0.252 e. The quantitative estimate of drug-likeness (QED) is 0.555. The SMILES string of the molecule is C=C(C(=O)Cl)c1ccc2c(c1)OCO2. The number of carbonyl (C=O) groups excluding carboxylic acids is 1. The van der Waals surface area contributed by atoms with E-state index in [1.165, 1.54) is 0 Å². The molecule has 0 aliphatic carbocycles. The highest BCUT2D eigenvalue weighted by Gasteiger charge is 2.15. The lowest BCUT2D eigenvalue weighted by Gasteiger charge is -2.01. The van der Waals surface area contributed by atoms with E-state index < -0.39 is 5.24 Å². The molecule has 14 heavy (non-hydrogen) atoms. The van der Waals surface area contributed by atoms with Gasteiger partial charge in [0.15, 0.2) is 11.5 Å². The Bertz CT molecular complexity index is 412. The molecule has 0 saturated carbocycles. The summed E-state index contributed by atoms with van der Waals surface area (Å²) in [5.74, 6) is 1.28. The van der Waals surface area contributed by atoms with Gasteiger partial charge in [-0.1, -0.05) is 12.6 Å². The summed E-state index contributed by atoms with van der Waals surface area (Å²) in [6.45, 7) is 3.78. The molecule has 1 aromatic carbocycles. The van der Waals surface area contributed by atoms with Crippen LogP contribution in [-0.2, 0) is 4.79 Å². The third-order valence-electron chi connectivity index (χ3n) is 1.96. The Hall–Kier alpha value is -1.48. The molecule has 1 aromatic rings. The highest BCUT2D eigenvalue weighted by Crippen LogP contribution is 2.34. The van der Waals surface area contributed by atoms with Crippen LogP contribution < -0.4 is 9.47 Å². The molecule has 0 aromatic heterocycles. The summed E-state index contributed by atoms with van der Waals surface area (Å²) in [4.78, 5) is 10.8. The van der Waals surface area contributed by atoms with Gasteiger partial charge in [-0.2, -0.15) is 0 Å². The summed E-state index contributed by atoms with van der Waals surface area (Å²) in [5.41, 5.74) is 0.902.